The van der Waals surface area contributed by atoms with Crippen LogP contribution in [0.5, 0.6) is 17.2 Å². The predicted octanol–water partition coefficient (Wildman–Crippen LogP) is 8.28. The van der Waals surface area contributed by atoms with Crippen molar-refractivity contribution >= 4 is 34.6 Å². The Morgan fingerprint density at radius 1 is 0.900 bits per heavy atom. The zero-order chi connectivity index (χ0) is 27.6. The maximum Gasteiger partial charge on any atom is 0.174 e. The summed E-state index contributed by atoms with van der Waals surface area (Å²) in [5.41, 5.74) is 3.80. The summed E-state index contributed by atoms with van der Waals surface area (Å²) in [4.78, 5) is 6.69. The molecule has 5 aromatic rings. The number of ether oxygens (including phenoxy) is 2. The number of rotatable bonds is 7. The van der Waals surface area contributed by atoms with Crippen LogP contribution in [0, 0.1) is 6.92 Å². The van der Waals surface area contributed by atoms with Crippen molar-refractivity contribution in [1.82, 2.24) is 10.3 Å². The van der Waals surface area contributed by atoms with Crippen LogP contribution in [0.15, 0.2) is 108 Å². The quantitative estimate of drug-likeness (QED) is 0.198. The van der Waals surface area contributed by atoms with Crippen LogP contribution in [0.2, 0.25) is 5.02 Å². The van der Waals surface area contributed by atoms with Crippen LogP contribution in [-0.4, -0.2) is 17.2 Å². The molecular weight excluding hydrogens is 542 g/mol. The molecule has 0 saturated carbocycles. The maximum absolute atomic E-state index is 6.50. The van der Waals surface area contributed by atoms with Crippen LogP contribution in [0.1, 0.15) is 29.1 Å². The van der Waals surface area contributed by atoms with Crippen molar-refractivity contribution in [3.05, 3.63) is 125 Å². The maximum atomic E-state index is 6.50. The molecule has 3 aromatic carbocycles. The smallest absolute Gasteiger partial charge is 0.174 e. The van der Waals surface area contributed by atoms with Gasteiger partial charge in [0.05, 0.1) is 18.8 Å². The molecule has 0 spiro atoms. The Bertz CT molecular complexity index is 1640. The first-order valence-electron chi connectivity index (χ1n) is 12.8. The molecule has 1 aliphatic heterocycles. The Morgan fingerprint density at radius 3 is 2.33 bits per heavy atom. The molecule has 1 N–H and O–H groups in total. The summed E-state index contributed by atoms with van der Waals surface area (Å²) in [5, 5.41) is 4.72. The van der Waals surface area contributed by atoms with Gasteiger partial charge in [-0.05, 0) is 110 Å². The highest BCUT2D eigenvalue weighted by atomic mass is 35.5. The van der Waals surface area contributed by atoms with E-state index in [0.29, 0.717) is 15.9 Å². The van der Waals surface area contributed by atoms with Gasteiger partial charge in [-0.1, -0.05) is 23.7 Å². The number of pyridine rings is 1. The molecule has 1 fully saturated rings. The van der Waals surface area contributed by atoms with E-state index >= 15 is 0 Å². The van der Waals surface area contributed by atoms with E-state index < -0.39 is 0 Å². The van der Waals surface area contributed by atoms with E-state index in [1.165, 1.54) is 0 Å². The lowest BCUT2D eigenvalue weighted by atomic mass is 10.0. The average molecular weight is 568 g/mol. The van der Waals surface area contributed by atoms with Gasteiger partial charge in [-0.15, -0.1) is 0 Å². The van der Waals surface area contributed by atoms with E-state index in [1.54, 1.807) is 13.3 Å². The highest BCUT2D eigenvalue weighted by Gasteiger charge is 2.42. The van der Waals surface area contributed by atoms with E-state index in [0.717, 1.165) is 45.5 Å². The van der Waals surface area contributed by atoms with Crippen molar-refractivity contribution in [2.24, 2.45) is 0 Å². The Balaban J connectivity index is 1.34. The number of nitrogens with zero attached hydrogens (tertiary/aromatic N) is 2. The van der Waals surface area contributed by atoms with Gasteiger partial charge in [0.25, 0.3) is 0 Å². The largest absolute Gasteiger partial charge is 0.497 e. The molecule has 200 valence electrons. The number of thiocarbonyl (C=S) groups is 1. The number of hydrogen-bond acceptors (Lipinski definition) is 5. The van der Waals surface area contributed by atoms with Crippen molar-refractivity contribution in [1.29, 1.82) is 0 Å². The number of anilines is 1. The molecule has 1 aliphatic rings. The minimum Gasteiger partial charge on any atom is -0.497 e. The first kappa shape index (κ1) is 25.9. The van der Waals surface area contributed by atoms with Gasteiger partial charge in [-0.25, -0.2) is 0 Å². The van der Waals surface area contributed by atoms with Crippen LogP contribution in [0.3, 0.4) is 0 Å². The normalized spacial score (nSPS) is 16.6. The Labute approximate surface area is 243 Å². The predicted molar refractivity (Wildman–Crippen MR) is 161 cm³/mol. The van der Waals surface area contributed by atoms with Gasteiger partial charge in [0.15, 0.2) is 5.11 Å². The van der Waals surface area contributed by atoms with Crippen LogP contribution in [0.4, 0.5) is 5.69 Å². The number of methoxy groups -OCH3 is 1. The van der Waals surface area contributed by atoms with Crippen LogP contribution in [0.25, 0.3) is 11.3 Å². The molecule has 6 nitrogen and oxygen atoms in total. The standard InChI is InChI=1S/C32H26ClN3O3S/c1-20-6-7-21(33)19-26(20)28-16-17-29(39-28)31-30(27-5-3-4-18-34-27)35-32(40)36(31)22-8-10-24(11-9-22)38-25-14-12-23(37-2)13-15-25/h3-19,30-31H,1-2H3,(H,35,40)/t30-,31-/m1/s1. The molecule has 2 aromatic heterocycles. The van der Waals surface area contributed by atoms with Gasteiger partial charge in [-0.3, -0.25) is 4.98 Å². The van der Waals surface area contributed by atoms with Gasteiger partial charge >= 0.3 is 0 Å². The highest BCUT2D eigenvalue weighted by Crippen LogP contribution is 2.43. The van der Waals surface area contributed by atoms with E-state index in [9.17, 15) is 0 Å². The number of aryl methyl sites for hydroxylation is 1. The second kappa shape index (κ2) is 11.0. The summed E-state index contributed by atoms with van der Waals surface area (Å²) < 4.78 is 17.8. The molecule has 0 radical (unpaired) electrons. The van der Waals surface area contributed by atoms with Crippen molar-refractivity contribution in [3.8, 4) is 28.6 Å². The zero-order valence-electron chi connectivity index (χ0n) is 21.9. The molecule has 0 unspecified atom stereocenters. The SMILES string of the molecule is COc1ccc(Oc2ccc(N3C(=S)N[C@H](c4ccccn4)[C@H]3c3ccc(-c4cc(Cl)ccc4C)o3)cc2)cc1. The molecule has 6 rings (SSSR count). The Hall–Kier alpha value is -4.33. The Morgan fingerprint density at radius 2 is 1.62 bits per heavy atom. The molecule has 0 amide bonds. The summed E-state index contributed by atoms with van der Waals surface area (Å²) >= 11 is 12.2. The van der Waals surface area contributed by atoms with Gasteiger partial charge < -0.3 is 24.1 Å². The van der Waals surface area contributed by atoms with Crippen molar-refractivity contribution in [2.75, 3.05) is 12.0 Å². The van der Waals surface area contributed by atoms with E-state index in [-0.39, 0.29) is 12.1 Å². The first-order chi connectivity index (χ1) is 19.5. The summed E-state index contributed by atoms with van der Waals surface area (Å²) in [5.74, 6) is 3.71. The first-order valence-corrected chi connectivity index (χ1v) is 13.6. The second-order valence-corrected chi connectivity index (χ2v) is 10.3. The summed E-state index contributed by atoms with van der Waals surface area (Å²) in [6.45, 7) is 2.04. The van der Waals surface area contributed by atoms with E-state index in [2.05, 4.69) is 15.2 Å². The summed E-state index contributed by atoms with van der Waals surface area (Å²) in [6, 6.07) is 30.5. The number of nitrogens with one attached hydrogen (secondary N) is 1. The molecule has 0 aliphatic carbocycles. The fourth-order valence-corrected chi connectivity index (χ4v) is 5.41. The lowest BCUT2D eigenvalue weighted by molar-refractivity contribution is 0.413. The third-order valence-corrected chi connectivity index (χ3v) is 7.44. The van der Waals surface area contributed by atoms with Gasteiger partial charge in [0, 0.05) is 22.5 Å². The van der Waals surface area contributed by atoms with E-state index in [1.807, 2.05) is 104 Å². The molecule has 2 atom stereocenters. The van der Waals surface area contributed by atoms with Crippen molar-refractivity contribution in [3.63, 3.8) is 0 Å². The fraction of sp³-hybridized carbons (Fsp3) is 0.125. The molecule has 8 heteroatoms. The molecule has 0 bridgehead atoms. The van der Waals surface area contributed by atoms with Gasteiger partial charge in [0.2, 0.25) is 0 Å². The minimum absolute atomic E-state index is 0.219. The molecular formula is C32H26ClN3O3S. The lowest BCUT2D eigenvalue weighted by Crippen LogP contribution is -2.29. The van der Waals surface area contributed by atoms with Crippen molar-refractivity contribution < 1.29 is 13.9 Å². The minimum atomic E-state index is -0.274. The monoisotopic (exact) mass is 567 g/mol. The second-order valence-electron chi connectivity index (χ2n) is 9.43. The topological polar surface area (TPSA) is 59.8 Å². The number of furan rings is 1. The number of benzene rings is 3. The molecule has 40 heavy (non-hydrogen) atoms. The van der Waals surface area contributed by atoms with Crippen molar-refractivity contribution in [2.45, 2.75) is 19.0 Å². The average Bonchev–Trinajstić information content (AvgIpc) is 3.60. The van der Waals surface area contributed by atoms with Gasteiger partial charge in [0.1, 0.15) is 34.8 Å². The fourth-order valence-electron chi connectivity index (χ4n) is 4.89. The third kappa shape index (κ3) is 5.13. The van der Waals surface area contributed by atoms with Gasteiger partial charge in [-0.2, -0.15) is 0 Å². The zero-order valence-corrected chi connectivity index (χ0v) is 23.4. The third-order valence-electron chi connectivity index (χ3n) is 6.89. The number of hydrogen-bond donors (Lipinski definition) is 1. The summed E-state index contributed by atoms with van der Waals surface area (Å²) in [7, 11) is 1.64. The van der Waals surface area contributed by atoms with Crippen LogP contribution >= 0.6 is 23.8 Å². The van der Waals surface area contributed by atoms with Crippen LogP contribution < -0.4 is 19.7 Å². The number of aromatic nitrogens is 1. The van der Waals surface area contributed by atoms with Crippen LogP contribution in [-0.2, 0) is 0 Å². The highest BCUT2D eigenvalue weighted by molar-refractivity contribution is 7.80. The lowest BCUT2D eigenvalue weighted by Gasteiger charge is -2.26. The number of halogens is 1. The molecule has 3 heterocycles. The summed E-state index contributed by atoms with van der Waals surface area (Å²) in [6.07, 6.45) is 1.79. The Kier molecular flexibility index (Phi) is 7.15. The van der Waals surface area contributed by atoms with E-state index in [4.69, 9.17) is 37.7 Å². The molecule has 1 saturated heterocycles.